The fraction of sp³-hybridized carbons (Fsp3) is 0.400. The molecule has 28 heavy (non-hydrogen) atoms. The molecule has 1 fully saturated rings. The number of rotatable bonds is 3. The minimum atomic E-state index is -1.25. The molecule has 5 atom stereocenters. The quantitative estimate of drug-likeness (QED) is 0.529. The fourth-order valence-corrected chi connectivity index (χ4v) is 4.34. The molecule has 2 aliphatic rings. The highest BCUT2D eigenvalue weighted by molar-refractivity contribution is 5.86. The Hall–Kier alpha value is -2.52. The topological polar surface area (TPSA) is 127 Å². The van der Waals surface area contributed by atoms with E-state index in [2.05, 4.69) is 9.97 Å². The third kappa shape index (κ3) is 2.61. The second-order valence-electron chi connectivity index (χ2n) is 7.52. The molecule has 0 saturated carbocycles. The largest absolute Gasteiger partial charge is 0.387 e. The zero-order valence-corrected chi connectivity index (χ0v) is 15.1. The van der Waals surface area contributed by atoms with Gasteiger partial charge in [-0.1, -0.05) is 18.2 Å². The molecule has 0 radical (unpaired) electrons. The van der Waals surface area contributed by atoms with Gasteiger partial charge in [0.2, 0.25) is 0 Å². The van der Waals surface area contributed by atoms with E-state index < -0.39 is 30.6 Å². The highest BCUT2D eigenvalue weighted by Crippen LogP contribution is 2.38. The minimum Gasteiger partial charge on any atom is -0.387 e. The molecule has 3 heterocycles. The van der Waals surface area contributed by atoms with Gasteiger partial charge in [0.1, 0.15) is 42.2 Å². The number of ether oxygens (including phenoxy) is 1. The summed E-state index contributed by atoms with van der Waals surface area (Å²) in [5.41, 5.74) is 9.58. The van der Waals surface area contributed by atoms with Gasteiger partial charge in [0.05, 0.1) is 5.39 Å². The van der Waals surface area contributed by atoms with Gasteiger partial charge >= 0.3 is 0 Å². The van der Waals surface area contributed by atoms with Crippen LogP contribution in [0.2, 0.25) is 0 Å². The van der Waals surface area contributed by atoms with Crippen LogP contribution in [0.25, 0.3) is 11.0 Å². The van der Waals surface area contributed by atoms with Gasteiger partial charge in [-0.25, -0.2) is 9.97 Å². The second kappa shape index (κ2) is 6.52. The van der Waals surface area contributed by atoms with Gasteiger partial charge in [-0.2, -0.15) is 0 Å². The number of nitrogens with zero attached hydrogens (tertiary/aromatic N) is 3. The van der Waals surface area contributed by atoms with Gasteiger partial charge < -0.3 is 30.4 Å². The van der Waals surface area contributed by atoms with E-state index in [1.165, 1.54) is 17.5 Å². The lowest BCUT2D eigenvalue weighted by molar-refractivity contribution is -0.0848. The normalized spacial score (nSPS) is 28.0. The van der Waals surface area contributed by atoms with E-state index in [1.54, 1.807) is 16.8 Å². The van der Waals surface area contributed by atoms with Crippen LogP contribution in [-0.4, -0.2) is 48.2 Å². The summed E-state index contributed by atoms with van der Waals surface area (Å²) in [6, 6.07) is 7.60. The number of aromatic nitrogens is 3. The van der Waals surface area contributed by atoms with Gasteiger partial charge in [-0.05, 0) is 42.0 Å². The maximum Gasteiger partial charge on any atom is 0.164 e. The Balaban J connectivity index is 1.45. The van der Waals surface area contributed by atoms with E-state index in [0.29, 0.717) is 22.4 Å². The zero-order valence-electron chi connectivity index (χ0n) is 15.1. The molecule has 0 amide bonds. The Kier molecular flexibility index (Phi) is 4.09. The molecule has 0 unspecified atom stereocenters. The molecular weight excluding hydrogens is 360 g/mol. The smallest absolute Gasteiger partial charge is 0.164 e. The zero-order chi connectivity index (χ0) is 19.4. The van der Waals surface area contributed by atoms with Crippen molar-refractivity contribution in [3.63, 3.8) is 0 Å². The number of aryl methyl sites for hydroxylation is 2. The number of benzene rings is 1. The van der Waals surface area contributed by atoms with Crippen molar-refractivity contribution in [2.24, 2.45) is 0 Å². The molecule has 1 saturated heterocycles. The van der Waals surface area contributed by atoms with Crippen molar-refractivity contribution >= 4 is 16.9 Å². The summed E-state index contributed by atoms with van der Waals surface area (Å²) < 4.78 is 7.53. The monoisotopic (exact) mass is 382 g/mol. The van der Waals surface area contributed by atoms with Crippen LogP contribution in [0.5, 0.6) is 0 Å². The van der Waals surface area contributed by atoms with Crippen LogP contribution in [0.3, 0.4) is 0 Å². The van der Waals surface area contributed by atoms with Crippen molar-refractivity contribution < 1.29 is 20.1 Å². The number of nitrogens with two attached hydrogens (primary N) is 1. The van der Waals surface area contributed by atoms with E-state index in [1.807, 2.05) is 18.2 Å². The molecule has 5 rings (SSSR count). The van der Waals surface area contributed by atoms with Crippen LogP contribution < -0.4 is 5.73 Å². The minimum absolute atomic E-state index is 0.325. The number of anilines is 1. The number of fused-ring (bicyclic) bond motifs is 2. The van der Waals surface area contributed by atoms with Crippen LogP contribution in [0.1, 0.15) is 35.4 Å². The molecule has 0 spiro atoms. The van der Waals surface area contributed by atoms with Crippen molar-refractivity contribution in [3.8, 4) is 0 Å². The number of hydrogen-bond donors (Lipinski definition) is 4. The molecule has 1 aromatic carbocycles. The highest BCUT2D eigenvalue weighted by atomic mass is 16.6. The molecule has 1 aliphatic carbocycles. The van der Waals surface area contributed by atoms with Crippen molar-refractivity contribution in [2.45, 2.75) is 49.9 Å². The highest BCUT2D eigenvalue weighted by Gasteiger charge is 2.47. The van der Waals surface area contributed by atoms with Crippen LogP contribution in [-0.2, 0) is 17.6 Å². The SMILES string of the molecule is Nc1ncnc2c1ccn2[C@@H]1O[C@H]([C@H](O)c2ccc3c(c2)CCC3)[C@@H](O)[C@H]1O. The van der Waals surface area contributed by atoms with E-state index in [9.17, 15) is 15.3 Å². The first kappa shape index (κ1) is 17.6. The van der Waals surface area contributed by atoms with E-state index in [0.717, 1.165) is 19.3 Å². The van der Waals surface area contributed by atoms with Crippen molar-refractivity contribution in [2.75, 3.05) is 5.73 Å². The third-order valence-electron chi connectivity index (χ3n) is 5.86. The van der Waals surface area contributed by atoms with Gasteiger partial charge in [0.15, 0.2) is 6.23 Å². The van der Waals surface area contributed by atoms with Crippen LogP contribution >= 0.6 is 0 Å². The first-order valence-electron chi connectivity index (χ1n) is 9.43. The number of aliphatic hydroxyl groups is 3. The molecule has 5 N–H and O–H groups in total. The lowest BCUT2D eigenvalue weighted by Gasteiger charge is -2.22. The molecule has 146 valence electrons. The first-order chi connectivity index (χ1) is 13.5. The van der Waals surface area contributed by atoms with E-state index in [-0.39, 0.29) is 0 Å². The molecule has 2 aromatic heterocycles. The maximum atomic E-state index is 10.9. The third-order valence-corrected chi connectivity index (χ3v) is 5.86. The maximum absolute atomic E-state index is 10.9. The van der Waals surface area contributed by atoms with Crippen LogP contribution in [0.15, 0.2) is 36.8 Å². The molecule has 8 nitrogen and oxygen atoms in total. The Morgan fingerprint density at radius 3 is 2.79 bits per heavy atom. The van der Waals surface area contributed by atoms with Gasteiger partial charge in [-0.15, -0.1) is 0 Å². The first-order valence-corrected chi connectivity index (χ1v) is 9.43. The Labute approximate surface area is 161 Å². The molecule has 8 heteroatoms. The summed E-state index contributed by atoms with van der Waals surface area (Å²) in [7, 11) is 0. The molecule has 1 aliphatic heterocycles. The standard InChI is InChI=1S/C20H22N4O4/c21-18-13-6-7-24(19(13)23-9-22-18)20-16(27)15(26)17(28-20)14(25)12-5-4-10-2-1-3-11(10)8-12/h4-9,14-17,20,25-27H,1-3H2,(H2,21,22,23)/t14-,15+,16-,17-,20-/m1/s1. The average molecular weight is 382 g/mol. The van der Waals surface area contributed by atoms with Gasteiger partial charge in [-0.3, -0.25) is 0 Å². The number of aliphatic hydroxyl groups excluding tert-OH is 3. The van der Waals surface area contributed by atoms with Crippen molar-refractivity contribution in [3.05, 3.63) is 53.5 Å². The van der Waals surface area contributed by atoms with Gasteiger partial charge in [0, 0.05) is 6.20 Å². The predicted octanol–water partition coefficient (Wildman–Crippen LogP) is 0.855. The second-order valence-corrected chi connectivity index (χ2v) is 7.52. The van der Waals surface area contributed by atoms with Crippen molar-refractivity contribution in [1.82, 2.24) is 14.5 Å². The average Bonchev–Trinajstić information content (AvgIpc) is 3.40. The molecule has 3 aromatic rings. The molecule has 0 bridgehead atoms. The summed E-state index contributed by atoms with van der Waals surface area (Å²) in [5.74, 6) is 0.325. The van der Waals surface area contributed by atoms with E-state index in [4.69, 9.17) is 10.5 Å². The Morgan fingerprint density at radius 2 is 1.93 bits per heavy atom. The number of nitrogen functional groups attached to an aromatic ring is 1. The summed E-state index contributed by atoms with van der Waals surface area (Å²) >= 11 is 0. The fourth-order valence-electron chi connectivity index (χ4n) is 4.34. The molecular formula is C20H22N4O4. The lowest BCUT2D eigenvalue weighted by atomic mass is 9.96. The Morgan fingerprint density at radius 1 is 1.11 bits per heavy atom. The van der Waals surface area contributed by atoms with Crippen molar-refractivity contribution in [1.29, 1.82) is 0 Å². The Bertz CT molecular complexity index is 1040. The van der Waals surface area contributed by atoms with E-state index >= 15 is 0 Å². The summed E-state index contributed by atoms with van der Waals surface area (Å²) in [4.78, 5) is 8.16. The van der Waals surface area contributed by atoms with Gasteiger partial charge in [0.25, 0.3) is 0 Å². The summed E-state index contributed by atoms with van der Waals surface area (Å²) in [6.07, 6.45) is 0.805. The predicted molar refractivity (Wildman–Crippen MR) is 101 cm³/mol. The number of hydrogen-bond acceptors (Lipinski definition) is 7. The lowest BCUT2D eigenvalue weighted by Crippen LogP contribution is -2.34. The summed E-state index contributed by atoms with van der Waals surface area (Å²) in [5, 5.41) is 32.7. The summed E-state index contributed by atoms with van der Waals surface area (Å²) in [6.45, 7) is 0. The van der Waals surface area contributed by atoms with Crippen LogP contribution in [0.4, 0.5) is 5.82 Å². The van der Waals surface area contributed by atoms with Crippen LogP contribution in [0, 0.1) is 0 Å².